The molecule has 0 spiro atoms. The third-order valence-corrected chi connectivity index (χ3v) is 3.65. The van der Waals surface area contributed by atoms with Crippen molar-refractivity contribution in [2.75, 3.05) is 13.1 Å². The summed E-state index contributed by atoms with van der Waals surface area (Å²) in [6, 6.07) is 0. The summed E-state index contributed by atoms with van der Waals surface area (Å²) in [5, 5.41) is 21.5. The molecule has 2 rings (SSSR count). The maximum absolute atomic E-state index is 11.6. The molecule has 0 unspecified atom stereocenters. The van der Waals surface area contributed by atoms with Crippen LogP contribution in [0.4, 0.5) is 0 Å². The number of aromatic nitrogens is 4. The van der Waals surface area contributed by atoms with Gasteiger partial charge in [-0.3, -0.25) is 19.2 Å². The van der Waals surface area contributed by atoms with E-state index in [4.69, 9.17) is 10.2 Å². The van der Waals surface area contributed by atoms with Crippen molar-refractivity contribution in [3.63, 3.8) is 0 Å². The van der Waals surface area contributed by atoms with Crippen LogP contribution in [-0.4, -0.2) is 77.9 Å². The van der Waals surface area contributed by atoms with Crippen LogP contribution in [0.15, 0.2) is 25.0 Å². The van der Waals surface area contributed by atoms with E-state index in [1.165, 1.54) is 0 Å². The van der Waals surface area contributed by atoms with Crippen LogP contribution in [-0.2, 0) is 32.0 Å². The number of nitrogens with zero attached hydrogens (tertiary/aromatic N) is 2. The van der Waals surface area contributed by atoms with Crippen molar-refractivity contribution in [1.29, 1.82) is 0 Å². The number of carbonyl (C=O) groups excluding carboxylic acids is 2. The smallest absolute Gasteiger partial charge is 0.303 e. The Hall–Kier alpha value is -3.78. The van der Waals surface area contributed by atoms with E-state index in [2.05, 4.69) is 30.6 Å². The van der Waals surface area contributed by atoms with Gasteiger partial charge in [0.05, 0.1) is 12.7 Å². The Balaban J connectivity index is 0. The molecule has 180 valence electrons. The molecular formula is C18H30N6O8. The average Bonchev–Trinajstić information content (AvgIpc) is 3.35. The van der Waals surface area contributed by atoms with Gasteiger partial charge >= 0.3 is 11.9 Å². The van der Waals surface area contributed by atoms with Crippen molar-refractivity contribution in [3.8, 4) is 0 Å². The quantitative estimate of drug-likeness (QED) is 0.198. The first-order chi connectivity index (χ1) is 14.4. The number of imidazole rings is 2. The monoisotopic (exact) mass is 458 g/mol. The SMILES string of the molecule is O.O.O=C(CC(=O)NCCc1cnc[nH]1)NCCc1cnc[nH]1.O=C(O)CCCC(=O)O. The minimum Gasteiger partial charge on any atom is -0.481 e. The summed E-state index contributed by atoms with van der Waals surface area (Å²) in [6.45, 7) is 0.949. The van der Waals surface area contributed by atoms with Gasteiger partial charge in [0.15, 0.2) is 0 Å². The van der Waals surface area contributed by atoms with Crippen molar-refractivity contribution >= 4 is 23.8 Å². The van der Waals surface area contributed by atoms with Gasteiger partial charge in [-0.1, -0.05) is 0 Å². The molecule has 14 nitrogen and oxygen atoms in total. The van der Waals surface area contributed by atoms with Gasteiger partial charge in [-0.15, -0.1) is 0 Å². The highest BCUT2D eigenvalue weighted by atomic mass is 16.4. The molecule has 0 aliphatic carbocycles. The van der Waals surface area contributed by atoms with E-state index in [-0.39, 0.29) is 48.5 Å². The molecule has 0 atom stereocenters. The summed E-state index contributed by atoms with van der Waals surface area (Å²) in [7, 11) is 0. The lowest BCUT2D eigenvalue weighted by molar-refractivity contribution is -0.139. The molecule has 0 aromatic carbocycles. The van der Waals surface area contributed by atoms with Gasteiger partial charge in [-0.25, -0.2) is 9.97 Å². The van der Waals surface area contributed by atoms with Crippen molar-refractivity contribution in [2.45, 2.75) is 38.5 Å². The molecule has 10 N–H and O–H groups in total. The highest BCUT2D eigenvalue weighted by Crippen LogP contribution is 1.94. The zero-order chi connectivity index (χ0) is 22.2. The Morgan fingerprint density at radius 2 is 1.19 bits per heavy atom. The van der Waals surface area contributed by atoms with Gasteiger partial charge in [-0.2, -0.15) is 0 Å². The number of carboxylic acids is 2. The minimum absolute atomic E-state index is 0. The Morgan fingerprint density at radius 1 is 0.781 bits per heavy atom. The first-order valence-corrected chi connectivity index (χ1v) is 9.28. The Morgan fingerprint density at radius 3 is 1.50 bits per heavy atom. The Labute approximate surface area is 183 Å². The number of aliphatic carboxylic acids is 2. The van der Waals surface area contributed by atoms with E-state index in [1.807, 2.05) is 0 Å². The van der Waals surface area contributed by atoms with Gasteiger partial charge in [0.2, 0.25) is 11.8 Å². The number of H-pyrrole nitrogens is 2. The Kier molecular flexibility index (Phi) is 17.1. The largest absolute Gasteiger partial charge is 0.481 e. The van der Waals surface area contributed by atoms with Gasteiger partial charge < -0.3 is 41.8 Å². The average molecular weight is 458 g/mol. The lowest BCUT2D eigenvalue weighted by Gasteiger charge is -2.05. The van der Waals surface area contributed by atoms with E-state index < -0.39 is 11.9 Å². The molecule has 2 heterocycles. The van der Waals surface area contributed by atoms with E-state index >= 15 is 0 Å². The minimum atomic E-state index is -0.948. The molecule has 2 amide bonds. The fourth-order valence-electron chi connectivity index (χ4n) is 2.18. The predicted octanol–water partition coefficient (Wildman–Crippen LogP) is -1.78. The van der Waals surface area contributed by atoms with Gasteiger partial charge in [0.25, 0.3) is 0 Å². The number of carboxylic acid groups (broad SMARTS) is 2. The number of aromatic amines is 2. The van der Waals surface area contributed by atoms with Crippen molar-refractivity contribution in [3.05, 3.63) is 36.4 Å². The zero-order valence-corrected chi connectivity index (χ0v) is 17.4. The molecule has 14 heteroatoms. The standard InChI is InChI=1S/C13H18N6O2.C5H8O4.2H2O/c20-12(16-3-1-10-6-14-8-18-10)5-13(21)17-4-2-11-7-15-9-19-11;6-4(7)2-1-3-5(8)9;;/h6-9H,1-5H2,(H,14,18)(H,15,19)(H,16,20)(H,17,21);1-3H2,(H,6,7)(H,8,9);2*1H2. The van der Waals surface area contributed by atoms with Gasteiger partial charge in [-0.05, 0) is 6.42 Å². The molecule has 2 aromatic heterocycles. The molecule has 32 heavy (non-hydrogen) atoms. The van der Waals surface area contributed by atoms with E-state index in [0.717, 1.165) is 11.4 Å². The first kappa shape index (κ1) is 30.4. The molecule has 0 bridgehead atoms. The van der Waals surface area contributed by atoms with E-state index in [0.29, 0.717) is 25.9 Å². The number of rotatable bonds is 12. The molecule has 0 saturated heterocycles. The number of amides is 2. The van der Waals surface area contributed by atoms with Gasteiger partial charge in [0.1, 0.15) is 6.42 Å². The van der Waals surface area contributed by atoms with Crippen molar-refractivity contribution < 1.29 is 40.3 Å². The number of nitrogens with one attached hydrogen (secondary N) is 4. The normalized spacial score (nSPS) is 9.25. The second kappa shape index (κ2) is 18.0. The zero-order valence-electron chi connectivity index (χ0n) is 17.4. The second-order valence-electron chi connectivity index (χ2n) is 6.17. The van der Waals surface area contributed by atoms with Crippen LogP contribution < -0.4 is 10.6 Å². The highest BCUT2D eigenvalue weighted by molar-refractivity contribution is 5.96. The summed E-state index contributed by atoms with van der Waals surface area (Å²) in [5.41, 5.74) is 1.89. The molecule has 0 aliphatic rings. The predicted molar refractivity (Wildman–Crippen MR) is 112 cm³/mol. The molecule has 0 radical (unpaired) electrons. The van der Waals surface area contributed by atoms with Gasteiger partial charge in [0, 0.05) is 62.6 Å². The lowest BCUT2D eigenvalue weighted by Crippen LogP contribution is -2.33. The van der Waals surface area contributed by atoms with Crippen LogP contribution in [0.5, 0.6) is 0 Å². The third kappa shape index (κ3) is 16.1. The van der Waals surface area contributed by atoms with Crippen LogP contribution in [0.25, 0.3) is 0 Å². The number of carbonyl (C=O) groups is 4. The first-order valence-electron chi connectivity index (χ1n) is 9.28. The summed E-state index contributed by atoms with van der Waals surface area (Å²) < 4.78 is 0. The van der Waals surface area contributed by atoms with Crippen LogP contribution >= 0.6 is 0 Å². The summed E-state index contributed by atoms with van der Waals surface area (Å²) in [5.74, 6) is -2.46. The summed E-state index contributed by atoms with van der Waals surface area (Å²) in [6.07, 6.45) is 7.83. The maximum atomic E-state index is 11.6. The molecular weight excluding hydrogens is 428 g/mol. The van der Waals surface area contributed by atoms with Crippen molar-refractivity contribution in [2.24, 2.45) is 0 Å². The topological polar surface area (TPSA) is 253 Å². The molecule has 2 aromatic rings. The van der Waals surface area contributed by atoms with Crippen LogP contribution in [0.2, 0.25) is 0 Å². The molecule has 0 aliphatic heterocycles. The second-order valence-corrected chi connectivity index (χ2v) is 6.17. The summed E-state index contributed by atoms with van der Waals surface area (Å²) >= 11 is 0. The van der Waals surface area contributed by atoms with Crippen LogP contribution in [0.3, 0.4) is 0 Å². The lowest BCUT2D eigenvalue weighted by atomic mass is 10.2. The number of hydrogen-bond acceptors (Lipinski definition) is 6. The van der Waals surface area contributed by atoms with E-state index in [1.54, 1.807) is 25.0 Å². The van der Waals surface area contributed by atoms with E-state index in [9.17, 15) is 19.2 Å². The molecule has 0 saturated carbocycles. The Bertz CT molecular complexity index is 715. The highest BCUT2D eigenvalue weighted by Gasteiger charge is 2.08. The third-order valence-electron chi connectivity index (χ3n) is 3.65. The van der Waals surface area contributed by atoms with Crippen molar-refractivity contribution in [1.82, 2.24) is 30.6 Å². The van der Waals surface area contributed by atoms with Crippen LogP contribution in [0.1, 0.15) is 37.1 Å². The fraction of sp³-hybridized carbons (Fsp3) is 0.444. The fourth-order valence-corrected chi connectivity index (χ4v) is 2.18. The summed E-state index contributed by atoms with van der Waals surface area (Å²) in [4.78, 5) is 56.3. The maximum Gasteiger partial charge on any atom is 0.303 e. The van der Waals surface area contributed by atoms with Crippen LogP contribution in [0, 0.1) is 0 Å². The number of hydrogen-bond donors (Lipinski definition) is 6. The molecule has 0 fully saturated rings.